The van der Waals surface area contributed by atoms with Crippen molar-refractivity contribution in [3.05, 3.63) is 46.8 Å². The van der Waals surface area contributed by atoms with Gasteiger partial charge in [-0.2, -0.15) is 0 Å². The smallest absolute Gasteiger partial charge is 0.147 e. The zero-order valence-corrected chi connectivity index (χ0v) is 13.1. The molecule has 2 rings (SSSR count). The van der Waals surface area contributed by atoms with Crippen molar-refractivity contribution in [3.8, 4) is 0 Å². The molecule has 0 spiro atoms. The number of thioether (sulfide) groups is 1. The van der Waals surface area contributed by atoms with Gasteiger partial charge in [-0.15, -0.1) is 11.8 Å². The molecule has 1 heterocycles. The molecule has 1 aromatic heterocycles. The van der Waals surface area contributed by atoms with Crippen LogP contribution < -0.4 is 0 Å². The fourth-order valence-corrected chi connectivity index (χ4v) is 2.80. The van der Waals surface area contributed by atoms with Crippen molar-refractivity contribution in [2.24, 2.45) is 0 Å². The Morgan fingerprint density at radius 1 is 1.16 bits per heavy atom. The minimum Gasteiger partial charge on any atom is -0.360 e. The molecule has 19 heavy (non-hydrogen) atoms. The number of aromatic nitrogens is 1. The third-order valence-corrected chi connectivity index (χ3v) is 4.28. The third kappa shape index (κ3) is 3.63. The van der Waals surface area contributed by atoms with E-state index >= 15 is 0 Å². The number of rotatable bonds is 3. The second-order valence-electron chi connectivity index (χ2n) is 5.95. The van der Waals surface area contributed by atoms with Gasteiger partial charge in [0.1, 0.15) is 5.76 Å². The lowest BCUT2D eigenvalue weighted by Gasteiger charge is -2.20. The molecule has 0 atom stereocenters. The van der Waals surface area contributed by atoms with Crippen LogP contribution in [0.4, 0.5) is 0 Å². The van der Waals surface area contributed by atoms with Gasteiger partial charge in [0.2, 0.25) is 0 Å². The minimum atomic E-state index is 0.186. The number of nitrogens with zero attached hydrogens (tertiary/aromatic N) is 1. The summed E-state index contributed by atoms with van der Waals surface area (Å²) in [6, 6.07) is 8.71. The molecule has 0 saturated heterocycles. The standard InChI is InChI=1S/C16H21NOS/c1-11-6-7-13(16(3,4)5)9-15(11)19-10-14-8-12(2)17-18-14/h6-9H,10H2,1-5H3. The maximum Gasteiger partial charge on any atom is 0.147 e. The highest BCUT2D eigenvalue weighted by Gasteiger charge is 2.15. The molecular weight excluding hydrogens is 254 g/mol. The quantitative estimate of drug-likeness (QED) is 0.747. The van der Waals surface area contributed by atoms with Gasteiger partial charge < -0.3 is 4.52 Å². The Labute approximate surface area is 119 Å². The van der Waals surface area contributed by atoms with Crippen molar-refractivity contribution in [2.45, 2.75) is 50.7 Å². The molecule has 0 saturated carbocycles. The highest BCUT2D eigenvalue weighted by atomic mass is 32.2. The van der Waals surface area contributed by atoms with Gasteiger partial charge >= 0.3 is 0 Å². The number of benzene rings is 1. The van der Waals surface area contributed by atoms with E-state index in [0.29, 0.717) is 0 Å². The average molecular weight is 275 g/mol. The summed E-state index contributed by atoms with van der Waals surface area (Å²) in [4.78, 5) is 1.32. The first-order valence-electron chi connectivity index (χ1n) is 6.52. The number of hydrogen-bond donors (Lipinski definition) is 0. The van der Waals surface area contributed by atoms with Gasteiger partial charge in [0.05, 0.1) is 11.4 Å². The maximum absolute atomic E-state index is 5.25. The second kappa shape index (κ2) is 5.41. The molecule has 0 radical (unpaired) electrons. The predicted molar refractivity (Wildman–Crippen MR) is 80.7 cm³/mol. The molecule has 0 bridgehead atoms. The second-order valence-corrected chi connectivity index (χ2v) is 6.97. The Morgan fingerprint density at radius 3 is 2.47 bits per heavy atom. The molecule has 0 amide bonds. The van der Waals surface area contributed by atoms with E-state index in [2.05, 4.69) is 51.1 Å². The van der Waals surface area contributed by atoms with E-state index in [4.69, 9.17) is 4.52 Å². The van der Waals surface area contributed by atoms with Crippen LogP contribution in [-0.4, -0.2) is 5.16 Å². The van der Waals surface area contributed by atoms with E-state index in [-0.39, 0.29) is 5.41 Å². The largest absolute Gasteiger partial charge is 0.360 e. The fraction of sp³-hybridized carbons (Fsp3) is 0.438. The van der Waals surface area contributed by atoms with Crippen LogP contribution >= 0.6 is 11.8 Å². The highest BCUT2D eigenvalue weighted by molar-refractivity contribution is 7.98. The van der Waals surface area contributed by atoms with E-state index < -0.39 is 0 Å². The number of hydrogen-bond acceptors (Lipinski definition) is 3. The summed E-state index contributed by atoms with van der Waals surface area (Å²) < 4.78 is 5.25. The van der Waals surface area contributed by atoms with Crippen LogP contribution in [0.3, 0.4) is 0 Å². The van der Waals surface area contributed by atoms with E-state index in [0.717, 1.165) is 17.2 Å². The summed E-state index contributed by atoms with van der Waals surface area (Å²) in [5.74, 6) is 1.76. The molecule has 0 aliphatic heterocycles. The first kappa shape index (κ1) is 14.2. The van der Waals surface area contributed by atoms with Crippen molar-refractivity contribution in [3.63, 3.8) is 0 Å². The molecule has 2 nitrogen and oxygen atoms in total. The lowest BCUT2D eigenvalue weighted by Crippen LogP contribution is -2.11. The molecule has 2 aromatic rings. The summed E-state index contributed by atoms with van der Waals surface area (Å²) in [5, 5.41) is 3.92. The van der Waals surface area contributed by atoms with E-state index in [1.807, 2.05) is 24.8 Å². The van der Waals surface area contributed by atoms with Crippen LogP contribution in [0.1, 0.15) is 43.4 Å². The Kier molecular flexibility index (Phi) is 4.04. The molecule has 3 heteroatoms. The summed E-state index contributed by atoms with van der Waals surface area (Å²) in [6.07, 6.45) is 0. The molecular formula is C16H21NOS. The lowest BCUT2D eigenvalue weighted by molar-refractivity contribution is 0.391. The van der Waals surface area contributed by atoms with E-state index in [1.54, 1.807) is 0 Å². The van der Waals surface area contributed by atoms with Gasteiger partial charge in [-0.05, 0) is 36.5 Å². The Bertz CT molecular complexity index is 566. The number of aryl methyl sites for hydroxylation is 2. The summed E-state index contributed by atoms with van der Waals surface area (Å²) >= 11 is 1.81. The van der Waals surface area contributed by atoms with Gasteiger partial charge in [-0.25, -0.2) is 0 Å². The van der Waals surface area contributed by atoms with Gasteiger partial charge in [-0.1, -0.05) is 38.1 Å². The third-order valence-electron chi connectivity index (χ3n) is 3.10. The average Bonchev–Trinajstić information content (AvgIpc) is 2.72. The van der Waals surface area contributed by atoms with Crippen molar-refractivity contribution >= 4 is 11.8 Å². The molecule has 0 aliphatic carbocycles. The Hall–Kier alpha value is -1.22. The lowest BCUT2D eigenvalue weighted by atomic mass is 9.87. The van der Waals surface area contributed by atoms with E-state index in [1.165, 1.54) is 16.0 Å². The Balaban J connectivity index is 2.15. The van der Waals surface area contributed by atoms with Crippen molar-refractivity contribution < 1.29 is 4.52 Å². The van der Waals surface area contributed by atoms with Gasteiger partial charge in [0, 0.05) is 11.0 Å². The van der Waals surface area contributed by atoms with E-state index in [9.17, 15) is 0 Å². The zero-order valence-electron chi connectivity index (χ0n) is 12.3. The monoisotopic (exact) mass is 275 g/mol. The van der Waals surface area contributed by atoms with Gasteiger partial charge in [0.25, 0.3) is 0 Å². The van der Waals surface area contributed by atoms with Crippen LogP contribution in [0.2, 0.25) is 0 Å². The SMILES string of the molecule is Cc1cc(CSc2cc(C(C)(C)C)ccc2C)on1. The van der Waals surface area contributed by atoms with Crippen LogP contribution in [0.5, 0.6) is 0 Å². The Morgan fingerprint density at radius 2 is 1.89 bits per heavy atom. The zero-order chi connectivity index (χ0) is 14.0. The normalized spacial score (nSPS) is 11.8. The first-order chi connectivity index (χ1) is 8.86. The van der Waals surface area contributed by atoms with Crippen LogP contribution in [0.25, 0.3) is 0 Å². The first-order valence-corrected chi connectivity index (χ1v) is 7.51. The van der Waals surface area contributed by atoms with Crippen molar-refractivity contribution in [2.75, 3.05) is 0 Å². The molecule has 0 unspecified atom stereocenters. The van der Waals surface area contributed by atoms with Crippen LogP contribution in [-0.2, 0) is 11.2 Å². The molecule has 1 aromatic carbocycles. The van der Waals surface area contributed by atoms with Gasteiger partial charge in [0.15, 0.2) is 0 Å². The fourth-order valence-electron chi connectivity index (χ4n) is 1.86. The minimum absolute atomic E-state index is 0.186. The maximum atomic E-state index is 5.25. The summed E-state index contributed by atoms with van der Waals surface area (Å²) in [7, 11) is 0. The highest BCUT2D eigenvalue weighted by Crippen LogP contribution is 2.31. The van der Waals surface area contributed by atoms with Crippen LogP contribution in [0, 0.1) is 13.8 Å². The van der Waals surface area contributed by atoms with Gasteiger partial charge in [-0.3, -0.25) is 0 Å². The van der Waals surface area contributed by atoms with Crippen LogP contribution in [0.15, 0.2) is 33.7 Å². The summed E-state index contributed by atoms with van der Waals surface area (Å²) in [5.41, 5.74) is 3.81. The van der Waals surface area contributed by atoms with Crippen molar-refractivity contribution in [1.29, 1.82) is 0 Å². The topological polar surface area (TPSA) is 26.0 Å². The summed E-state index contributed by atoms with van der Waals surface area (Å²) in [6.45, 7) is 10.8. The molecule has 102 valence electrons. The molecule has 0 N–H and O–H groups in total. The van der Waals surface area contributed by atoms with Crippen molar-refractivity contribution in [1.82, 2.24) is 5.16 Å². The predicted octanol–water partition coefficient (Wildman–Crippen LogP) is 4.88. The molecule has 0 aliphatic rings. The molecule has 0 fully saturated rings.